The third-order valence-corrected chi connectivity index (χ3v) is 4.72. The number of anilines is 1. The quantitative estimate of drug-likeness (QED) is 0.350. The molecule has 0 unspecified atom stereocenters. The normalized spacial score (nSPS) is 11.6. The van der Waals surface area contributed by atoms with Crippen molar-refractivity contribution >= 4 is 40.6 Å². The van der Waals surface area contributed by atoms with Crippen LogP contribution < -0.4 is 11.2 Å². The average molecular weight is 447 g/mol. The molecule has 3 heterocycles. The van der Waals surface area contributed by atoms with Gasteiger partial charge in [-0.3, -0.25) is 4.79 Å². The summed E-state index contributed by atoms with van der Waals surface area (Å²) in [7, 11) is 0. The van der Waals surface area contributed by atoms with Gasteiger partial charge in [-0.1, -0.05) is 34.5 Å². The number of rotatable bonds is 5. The number of hydrogen-bond donors (Lipinski definition) is 2. The molecule has 0 fully saturated rings. The van der Waals surface area contributed by atoms with Gasteiger partial charge in [0.2, 0.25) is 11.6 Å². The fraction of sp³-hybridized carbons (Fsp3) is 0.0588. The summed E-state index contributed by atoms with van der Waals surface area (Å²) in [5.41, 5.74) is 9.31. The highest BCUT2D eigenvalue weighted by atomic mass is 35.5. The second-order valence-electron chi connectivity index (χ2n) is 5.92. The summed E-state index contributed by atoms with van der Waals surface area (Å²) in [6.07, 6.45) is 1.50. The van der Waals surface area contributed by atoms with E-state index < -0.39 is 5.91 Å². The van der Waals surface area contributed by atoms with Crippen LogP contribution in [0.1, 0.15) is 23.2 Å². The van der Waals surface area contributed by atoms with Crippen molar-refractivity contribution in [1.82, 2.24) is 30.7 Å². The first-order valence-electron chi connectivity index (χ1n) is 8.33. The third-order valence-electron chi connectivity index (χ3n) is 3.98. The molecule has 0 saturated carbocycles. The number of nitrogens with two attached hydrogens (primary N) is 1. The number of nitrogens with one attached hydrogen (secondary N) is 1. The second-order valence-corrected chi connectivity index (χ2v) is 6.73. The van der Waals surface area contributed by atoms with Crippen LogP contribution in [0.15, 0.2) is 50.7 Å². The van der Waals surface area contributed by atoms with E-state index in [0.717, 1.165) is 0 Å². The Hall–Kier alpha value is -3.70. The van der Waals surface area contributed by atoms with Crippen LogP contribution >= 0.6 is 23.2 Å². The highest BCUT2D eigenvalue weighted by molar-refractivity contribution is 6.42. The molecule has 1 aromatic carbocycles. The Morgan fingerprint density at radius 1 is 1.23 bits per heavy atom. The van der Waals surface area contributed by atoms with Crippen LogP contribution in [0.5, 0.6) is 0 Å². The summed E-state index contributed by atoms with van der Waals surface area (Å²) in [5, 5.41) is 19.8. The number of nitrogen functional groups attached to an aromatic ring is 1. The maximum absolute atomic E-state index is 12.8. The van der Waals surface area contributed by atoms with E-state index in [-0.39, 0.29) is 28.0 Å². The van der Waals surface area contributed by atoms with E-state index in [0.29, 0.717) is 22.1 Å². The van der Waals surface area contributed by atoms with Gasteiger partial charge < -0.3 is 10.2 Å². The first-order chi connectivity index (χ1) is 14.5. The Balaban J connectivity index is 1.77. The third kappa shape index (κ3) is 3.63. The van der Waals surface area contributed by atoms with Crippen LogP contribution in [0.4, 0.5) is 5.82 Å². The van der Waals surface area contributed by atoms with E-state index in [1.54, 1.807) is 37.3 Å². The molecule has 11 nitrogen and oxygen atoms in total. The van der Waals surface area contributed by atoms with Crippen molar-refractivity contribution in [2.75, 3.05) is 5.73 Å². The van der Waals surface area contributed by atoms with E-state index in [1.807, 2.05) is 0 Å². The minimum atomic E-state index is -0.636. The molecule has 0 spiro atoms. The fourth-order valence-corrected chi connectivity index (χ4v) is 2.85. The SMILES string of the molecule is C/C(=N\NC(=O)c1nnn(-c2nonc2N)c1-c1ccc(Cl)c(Cl)c1)c1ccco1. The molecule has 0 saturated heterocycles. The molecule has 152 valence electrons. The number of aromatic nitrogens is 5. The monoisotopic (exact) mass is 446 g/mol. The molecule has 1 amide bonds. The van der Waals surface area contributed by atoms with Crippen LogP contribution in [0, 0.1) is 0 Å². The molecule has 30 heavy (non-hydrogen) atoms. The summed E-state index contributed by atoms with van der Waals surface area (Å²) < 4.78 is 11.1. The van der Waals surface area contributed by atoms with E-state index >= 15 is 0 Å². The minimum absolute atomic E-state index is 0.0418. The summed E-state index contributed by atoms with van der Waals surface area (Å²) in [6, 6.07) is 8.18. The van der Waals surface area contributed by atoms with Crippen molar-refractivity contribution in [2.45, 2.75) is 6.92 Å². The van der Waals surface area contributed by atoms with E-state index in [9.17, 15) is 4.79 Å². The second kappa shape index (κ2) is 7.97. The molecule has 0 aliphatic rings. The van der Waals surface area contributed by atoms with E-state index in [2.05, 4.69) is 35.8 Å². The van der Waals surface area contributed by atoms with Gasteiger partial charge in [0.05, 0.1) is 16.3 Å². The van der Waals surface area contributed by atoms with Crippen LogP contribution in [-0.2, 0) is 0 Å². The van der Waals surface area contributed by atoms with Gasteiger partial charge in [0.15, 0.2) is 5.69 Å². The van der Waals surface area contributed by atoms with E-state index in [1.165, 1.54) is 10.9 Å². The maximum Gasteiger partial charge on any atom is 0.294 e. The number of carbonyl (C=O) groups excluding carboxylic acids is 1. The molecule has 4 rings (SSSR count). The number of benzene rings is 1. The smallest absolute Gasteiger partial charge is 0.294 e. The van der Waals surface area contributed by atoms with Gasteiger partial charge in [-0.2, -0.15) is 9.78 Å². The van der Waals surface area contributed by atoms with Crippen LogP contribution in [0.25, 0.3) is 17.1 Å². The fourth-order valence-electron chi connectivity index (χ4n) is 2.55. The van der Waals surface area contributed by atoms with Crippen molar-refractivity contribution < 1.29 is 13.8 Å². The van der Waals surface area contributed by atoms with Crippen molar-refractivity contribution in [3.63, 3.8) is 0 Å². The average Bonchev–Trinajstić information content (AvgIpc) is 3.48. The van der Waals surface area contributed by atoms with Gasteiger partial charge in [-0.15, -0.1) is 5.10 Å². The molecule has 0 atom stereocenters. The number of halogens is 2. The number of furan rings is 1. The van der Waals surface area contributed by atoms with Crippen molar-refractivity contribution in [1.29, 1.82) is 0 Å². The Morgan fingerprint density at radius 3 is 2.73 bits per heavy atom. The van der Waals surface area contributed by atoms with Gasteiger partial charge in [-0.05, 0) is 41.5 Å². The zero-order chi connectivity index (χ0) is 21.3. The molecule has 0 aliphatic carbocycles. The van der Waals surface area contributed by atoms with Crippen LogP contribution in [0.3, 0.4) is 0 Å². The number of carbonyl (C=O) groups is 1. The van der Waals surface area contributed by atoms with Crippen LogP contribution in [0.2, 0.25) is 10.0 Å². The van der Waals surface area contributed by atoms with Gasteiger partial charge in [0.25, 0.3) is 5.91 Å². The first-order valence-corrected chi connectivity index (χ1v) is 9.09. The molecular formula is C17H12Cl2N8O3. The van der Waals surface area contributed by atoms with Crippen LogP contribution in [-0.4, -0.2) is 36.9 Å². The lowest BCUT2D eigenvalue weighted by atomic mass is 10.1. The Bertz CT molecular complexity index is 1250. The topological polar surface area (TPSA) is 150 Å². The number of hydrogen-bond acceptors (Lipinski definition) is 9. The standard InChI is InChI=1S/C17H12Cl2N8O3/c1-8(12-3-2-6-29-12)21-23-17(28)13-14(9-4-5-10(18)11(19)7-9)27(26-22-13)16-15(20)24-30-25-16/h2-7H,1H3,(H2,20,24)(H,23,28)/b21-8+. The molecule has 13 heteroatoms. The highest BCUT2D eigenvalue weighted by Gasteiger charge is 2.25. The van der Waals surface area contributed by atoms with Crippen molar-refractivity contribution in [3.05, 3.63) is 58.1 Å². The molecular weight excluding hydrogens is 435 g/mol. The maximum atomic E-state index is 12.8. The Labute approximate surface area is 178 Å². The zero-order valence-corrected chi connectivity index (χ0v) is 16.7. The Morgan fingerprint density at radius 2 is 2.07 bits per heavy atom. The highest BCUT2D eigenvalue weighted by Crippen LogP contribution is 2.31. The van der Waals surface area contributed by atoms with Crippen molar-refractivity contribution in [2.24, 2.45) is 5.10 Å². The predicted octanol–water partition coefficient (Wildman–Crippen LogP) is 2.95. The van der Waals surface area contributed by atoms with E-state index in [4.69, 9.17) is 33.4 Å². The number of nitrogens with zero attached hydrogens (tertiary/aromatic N) is 6. The number of hydrazone groups is 1. The van der Waals surface area contributed by atoms with Gasteiger partial charge in [0.1, 0.15) is 17.2 Å². The summed E-state index contributed by atoms with van der Waals surface area (Å²) in [6.45, 7) is 1.68. The lowest BCUT2D eigenvalue weighted by molar-refractivity contribution is 0.0950. The van der Waals surface area contributed by atoms with Crippen molar-refractivity contribution in [3.8, 4) is 17.1 Å². The van der Waals surface area contributed by atoms with Gasteiger partial charge >= 0.3 is 0 Å². The molecule has 4 aromatic rings. The first kappa shape index (κ1) is 19.6. The minimum Gasteiger partial charge on any atom is -0.463 e. The molecule has 3 N–H and O–H groups in total. The summed E-state index contributed by atoms with van der Waals surface area (Å²) in [4.78, 5) is 12.8. The molecule has 3 aromatic heterocycles. The summed E-state index contributed by atoms with van der Waals surface area (Å²) in [5.74, 6) is -0.119. The molecule has 0 radical (unpaired) electrons. The molecule has 0 bridgehead atoms. The van der Waals surface area contributed by atoms with Gasteiger partial charge in [-0.25, -0.2) is 10.1 Å². The Kier molecular flexibility index (Phi) is 5.21. The predicted molar refractivity (Wildman–Crippen MR) is 107 cm³/mol. The zero-order valence-electron chi connectivity index (χ0n) is 15.2. The molecule has 0 aliphatic heterocycles. The lowest BCUT2D eigenvalue weighted by Gasteiger charge is -2.07. The van der Waals surface area contributed by atoms with Gasteiger partial charge in [0, 0.05) is 5.56 Å². The summed E-state index contributed by atoms with van der Waals surface area (Å²) >= 11 is 12.2. The lowest BCUT2D eigenvalue weighted by Crippen LogP contribution is -2.20. The number of amides is 1. The largest absolute Gasteiger partial charge is 0.463 e.